The molecular weight excluding hydrogens is 352 g/mol. The van der Waals surface area contributed by atoms with Gasteiger partial charge in [-0.25, -0.2) is 4.52 Å². The molecule has 2 amide bonds. The van der Waals surface area contributed by atoms with Crippen molar-refractivity contribution < 1.29 is 9.59 Å². The Morgan fingerprint density at radius 2 is 2.15 bits per heavy atom. The van der Waals surface area contributed by atoms with E-state index in [2.05, 4.69) is 15.4 Å². The van der Waals surface area contributed by atoms with Gasteiger partial charge in [0.1, 0.15) is 6.04 Å². The van der Waals surface area contributed by atoms with Crippen LogP contribution in [0.2, 0.25) is 0 Å². The molecule has 0 radical (unpaired) electrons. The lowest BCUT2D eigenvalue weighted by molar-refractivity contribution is -0.134. The number of pyridine rings is 1. The Morgan fingerprint density at radius 1 is 1.31 bits per heavy atom. The molecule has 1 saturated heterocycles. The highest BCUT2D eigenvalue weighted by Gasteiger charge is 2.33. The Labute approximate surface area is 154 Å². The number of aromatic nitrogens is 4. The number of hydrogen-bond acceptors (Lipinski definition) is 5. The van der Waals surface area contributed by atoms with E-state index in [-0.39, 0.29) is 17.8 Å². The fourth-order valence-electron chi connectivity index (χ4n) is 3.01. The monoisotopic (exact) mass is 370 g/mol. The van der Waals surface area contributed by atoms with E-state index < -0.39 is 6.04 Å². The number of aryl methyl sites for hydroxylation is 1. The van der Waals surface area contributed by atoms with Crippen molar-refractivity contribution in [2.75, 3.05) is 16.9 Å². The normalized spacial score (nSPS) is 17.0. The third kappa shape index (κ3) is 2.94. The van der Waals surface area contributed by atoms with Crippen LogP contribution in [-0.4, -0.2) is 53.6 Å². The van der Waals surface area contributed by atoms with Gasteiger partial charge in [-0.15, -0.1) is 16.9 Å². The van der Waals surface area contributed by atoms with Gasteiger partial charge in [0.05, 0.1) is 5.88 Å². The molecule has 4 rings (SSSR count). The fourth-order valence-corrected chi connectivity index (χ4v) is 4.23. The standard InChI is InChI=1S/C17H18N6O2S/c1-11(24)22-10-26-9-14(22)16(25)19-17-18-15-6-5-12(8-23(15)20-17)13-4-3-7-21(13)2/h3-8,14H,9-10H2,1-2H3,(H,19,20,25)/t14-/m0/s1. The van der Waals surface area contributed by atoms with Crippen LogP contribution in [-0.2, 0) is 16.6 Å². The molecular formula is C17H18N6O2S. The van der Waals surface area contributed by atoms with Crippen LogP contribution in [0.25, 0.3) is 16.9 Å². The van der Waals surface area contributed by atoms with Crippen molar-refractivity contribution in [3.05, 3.63) is 36.7 Å². The highest BCUT2D eigenvalue weighted by atomic mass is 32.2. The minimum atomic E-state index is -0.483. The van der Waals surface area contributed by atoms with Gasteiger partial charge in [0.2, 0.25) is 17.8 Å². The Balaban J connectivity index is 1.57. The molecule has 1 fully saturated rings. The summed E-state index contributed by atoms with van der Waals surface area (Å²) in [5.41, 5.74) is 2.71. The molecule has 1 N–H and O–H groups in total. The number of rotatable bonds is 3. The van der Waals surface area contributed by atoms with Crippen LogP contribution >= 0.6 is 11.8 Å². The average Bonchev–Trinajstić information content (AvgIpc) is 3.32. The molecule has 4 heterocycles. The minimum Gasteiger partial charge on any atom is -0.351 e. The number of thioether (sulfide) groups is 1. The van der Waals surface area contributed by atoms with Gasteiger partial charge in [0, 0.05) is 43.4 Å². The molecule has 3 aromatic heterocycles. The zero-order valence-corrected chi connectivity index (χ0v) is 15.2. The van der Waals surface area contributed by atoms with E-state index >= 15 is 0 Å². The largest absolute Gasteiger partial charge is 0.351 e. The number of carbonyl (C=O) groups excluding carboxylic acids is 2. The maximum atomic E-state index is 12.5. The Morgan fingerprint density at radius 3 is 2.88 bits per heavy atom. The molecule has 134 valence electrons. The molecule has 1 aliphatic heterocycles. The summed E-state index contributed by atoms with van der Waals surface area (Å²) in [6, 6.07) is 7.35. The first kappa shape index (κ1) is 16.6. The van der Waals surface area contributed by atoms with Crippen LogP contribution in [0.4, 0.5) is 5.95 Å². The Hall–Kier alpha value is -2.81. The quantitative estimate of drug-likeness (QED) is 0.757. The van der Waals surface area contributed by atoms with Crippen molar-refractivity contribution in [2.24, 2.45) is 7.05 Å². The molecule has 1 aliphatic rings. The van der Waals surface area contributed by atoms with Gasteiger partial charge in [-0.3, -0.25) is 14.9 Å². The predicted octanol–water partition coefficient (Wildman–Crippen LogP) is 1.59. The van der Waals surface area contributed by atoms with Crippen LogP contribution in [0.1, 0.15) is 6.92 Å². The summed E-state index contributed by atoms with van der Waals surface area (Å²) in [7, 11) is 1.98. The highest BCUT2D eigenvalue weighted by Crippen LogP contribution is 2.23. The van der Waals surface area contributed by atoms with Gasteiger partial charge in [0.25, 0.3) is 0 Å². The fraction of sp³-hybridized carbons (Fsp3) is 0.294. The van der Waals surface area contributed by atoms with Crippen LogP contribution < -0.4 is 5.32 Å². The smallest absolute Gasteiger partial charge is 0.250 e. The third-order valence-corrected chi connectivity index (χ3v) is 5.41. The van der Waals surface area contributed by atoms with Crippen molar-refractivity contribution in [1.29, 1.82) is 0 Å². The lowest BCUT2D eigenvalue weighted by Crippen LogP contribution is -2.43. The van der Waals surface area contributed by atoms with Crippen molar-refractivity contribution in [3.63, 3.8) is 0 Å². The van der Waals surface area contributed by atoms with E-state index in [1.54, 1.807) is 21.2 Å². The number of amides is 2. The Bertz CT molecular complexity index is 994. The molecule has 0 spiro atoms. The highest BCUT2D eigenvalue weighted by molar-refractivity contribution is 7.99. The molecule has 8 nitrogen and oxygen atoms in total. The van der Waals surface area contributed by atoms with Crippen molar-refractivity contribution in [2.45, 2.75) is 13.0 Å². The molecule has 0 aromatic carbocycles. The molecule has 1 atom stereocenters. The summed E-state index contributed by atoms with van der Waals surface area (Å²) in [6.45, 7) is 1.47. The molecule has 0 bridgehead atoms. The third-order valence-electron chi connectivity index (χ3n) is 4.39. The number of nitrogens with zero attached hydrogens (tertiary/aromatic N) is 5. The van der Waals surface area contributed by atoms with Gasteiger partial charge in [-0.1, -0.05) is 0 Å². The number of nitrogens with one attached hydrogen (secondary N) is 1. The van der Waals surface area contributed by atoms with E-state index in [0.29, 0.717) is 17.3 Å². The van der Waals surface area contributed by atoms with E-state index in [1.165, 1.54) is 6.92 Å². The zero-order valence-electron chi connectivity index (χ0n) is 14.4. The van der Waals surface area contributed by atoms with E-state index in [4.69, 9.17) is 0 Å². The number of carbonyl (C=O) groups is 2. The van der Waals surface area contributed by atoms with E-state index in [9.17, 15) is 9.59 Å². The molecule has 0 unspecified atom stereocenters. The Kier molecular flexibility index (Phi) is 4.15. The van der Waals surface area contributed by atoms with E-state index in [0.717, 1.165) is 11.3 Å². The van der Waals surface area contributed by atoms with Gasteiger partial charge >= 0.3 is 0 Å². The molecule has 26 heavy (non-hydrogen) atoms. The molecule has 0 aliphatic carbocycles. The summed E-state index contributed by atoms with van der Waals surface area (Å²) in [6.07, 6.45) is 3.85. The second-order valence-electron chi connectivity index (χ2n) is 6.15. The van der Waals surface area contributed by atoms with Crippen molar-refractivity contribution in [3.8, 4) is 11.3 Å². The molecule has 3 aromatic rings. The van der Waals surface area contributed by atoms with Gasteiger partial charge in [-0.05, 0) is 24.3 Å². The minimum absolute atomic E-state index is 0.106. The second kappa shape index (κ2) is 6.49. The second-order valence-corrected chi connectivity index (χ2v) is 7.15. The zero-order chi connectivity index (χ0) is 18.3. The first-order valence-electron chi connectivity index (χ1n) is 8.17. The maximum Gasteiger partial charge on any atom is 0.250 e. The first-order chi connectivity index (χ1) is 12.5. The topological polar surface area (TPSA) is 84.5 Å². The summed E-state index contributed by atoms with van der Waals surface area (Å²) < 4.78 is 3.67. The lowest BCUT2D eigenvalue weighted by atomic mass is 10.2. The number of hydrogen-bond donors (Lipinski definition) is 1. The SMILES string of the molecule is CC(=O)N1CSC[C@H]1C(=O)Nc1nc2ccc(-c3cccn3C)cn2n1. The number of anilines is 1. The van der Waals surface area contributed by atoms with Gasteiger partial charge < -0.3 is 9.47 Å². The van der Waals surface area contributed by atoms with Gasteiger partial charge in [-0.2, -0.15) is 4.98 Å². The van der Waals surface area contributed by atoms with Crippen LogP contribution in [0, 0.1) is 0 Å². The summed E-state index contributed by atoms with van der Waals surface area (Å²) in [5, 5.41) is 7.08. The predicted molar refractivity (Wildman–Crippen MR) is 99.7 cm³/mol. The summed E-state index contributed by atoms with van der Waals surface area (Å²) >= 11 is 1.56. The molecule has 9 heteroatoms. The van der Waals surface area contributed by atoms with Crippen molar-refractivity contribution in [1.82, 2.24) is 24.1 Å². The van der Waals surface area contributed by atoms with Crippen LogP contribution in [0.3, 0.4) is 0 Å². The van der Waals surface area contributed by atoms with E-state index in [1.807, 2.05) is 48.3 Å². The van der Waals surface area contributed by atoms with Crippen molar-refractivity contribution >= 4 is 35.2 Å². The summed E-state index contributed by atoms with van der Waals surface area (Å²) in [5.74, 6) is 0.983. The average molecular weight is 370 g/mol. The van der Waals surface area contributed by atoms with Crippen LogP contribution in [0.15, 0.2) is 36.7 Å². The summed E-state index contributed by atoms with van der Waals surface area (Å²) in [4.78, 5) is 30.0. The lowest BCUT2D eigenvalue weighted by Gasteiger charge is -2.20. The van der Waals surface area contributed by atoms with Crippen LogP contribution in [0.5, 0.6) is 0 Å². The number of fused-ring (bicyclic) bond motifs is 1. The first-order valence-corrected chi connectivity index (χ1v) is 9.32. The molecule has 0 saturated carbocycles. The maximum absolute atomic E-state index is 12.5. The van der Waals surface area contributed by atoms with Gasteiger partial charge in [0.15, 0.2) is 5.65 Å².